The van der Waals surface area contributed by atoms with Crippen molar-refractivity contribution >= 4 is 0 Å². The molecule has 0 aromatic heterocycles. The molecule has 2 heteroatoms. The fraction of sp³-hybridized carbons (Fsp3) is 1.00. The van der Waals surface area contributed by atoms with Gasteiger partial charge >= 0.3 is 0 Å². The topological polar surface area (TPSA) is 15.3 Å². The van der Waals surface area contributed by atoms with E-state index >= 15 is 0 Å². The summed E-state index contributed by atoms with van der Waals surface area (Å²) in [5, 5.41) is 3.55. The highest BCUT2D eigenvalue weighted by Gasteiger charge is 2.19. The van der Waals surface area contributed by atoms with Crippen LogP contribution in [-0.2, 0) is 0 Å². The molecular weight excluding hydrogens is 172 g/mol. The number of nitrogens with zero attached hydrogens (tertiary/aromatic N) is 1. The lowest BCUT2D eigenvalue weighted by molar-refractivity contribution is 0.188. The van der Waals surface area contributed by atoms with Gasteiger partial charge < -0.3 is 10.2 Å². The zero-order chi connectivity index (χ0) is 11.2. The lowest BCUT2D eigenvalue weighted by atomic mass is 10.0. The molecule has 1 atom stereocenters. The smallest absolute Gasteiger partial charge is 0.0271 e. The van der Waals surface area contributed by atoms with Crippen LogP contribution < -0.4 is 5.32 Å². The van der Waals surface area contributed by atoms with Crippen molar-refractivity contribution in [2.75, 3.05) is 27.2 Å². The van der Waals surface area contributed by atoms with Crippen molar-refractivity contribution in [3.05, 3.63) is 0 Å². The highest BCUT2D eigenvalue weighted by atomic mass is 15.2. The van der Waals surface area contributed by atoms with Gasteiger partial charge in [-0.3, -0.25) is 0 Å². The SMILES string of the molecule is CCCC(C)CNCC(C)(C)N(C)C. The van der Waals surface area contributed by atoms with Crippen LogP contribution in [0.5, 0.6) is 0 Å². The number of hydrogen-bond donors (Lipinski definition) is 1. The van der Waals surface area contributed by atoms with Gasteiger partial charge in [-0.15, -0.1) is 0 Å². The molecule has 0 heterocycles. The Morgan fingerprint density at radius 3 is 2.29 bits per heavy atom. The first kappa shape index (κ1) is 13.9. The van der Waals surface area contributed by atoms with Crippen molar-refractivity contribution in [3.63, 3.8) is 0 Å². The summed E-state index contributed by atoms with van der Waals surface area (Å²) < 4.78 is 0. The van der Waals surface area contributed by atoms with Gasteiger partial charge in [0.1, 0.15) is 0 Å². The van der Waals surface area contributed by atoms with E-state index in [0.29, 0.717) is 0 Å². The molecule has 0 aliphatic carbocycles. The molecular formula is C12H28N2. The fourth-order valence-electron chi connectivity index (χ4n) is 1.38. The second kappa shape index (κ2) is 6.41. The minimum Gasteiger partial charge on any atom is -0.315 e. The zero-order valence-corrected chi connectivity index (χ0v) is 10.9. The number of hydrogen-bond acceptors (Lipinski definition) is 2. The zero-order valence-electron chi connectivity index (χ0n) is 10.9. The Labute approximate surface area is 90.1 Å². The fourth-order valence-corrected chi connectivity index (χ4v) is 1.38. The molecule has 0 fully saturated rings. The third kappa shape index (κ3) is 5.61. The summed E-state index contributed by atoms with van der Waals surface area (Å²) in [4.78, 5) is 2.27. The minimum absolute atomic E-state index is 0.256. The highest BCUT2D eigenvalue weighted by molar-refractivity contribution is 4.79. The quantitative estimate of drug-likeness (QED) is 0.678. The standard InChI is InChI=1S/C12H28N2/c1-7-8-11(2)9-13-10-12(3,4)14(5)6/h11,13H,7-10H2,1-6H3. The largest absolute Gasteiger partial charge is 0.315 e. The molecule has 0 spiro atoms. The van der Waals surface area contributed by atoms with Crippen molar-refractivity contribution in [3.8, 4) is 0 Å². The van der Waals surface area contributed by atoms with Gasteiger partial charge in [0.25, 0.3) is 0 Å². The van der Waals surface area contributed by atoms with Gasteiger partial charge in [0.05, 0.1) is 0 Å². The van der Waals surface area contributed by atoms with Crippen LogP contribution in [0.1, 0.15) is 40.5 Å². The van der Waals surface area contributed by atoms with E-state index in [9.17, 15) is 0 Å². The molecule has 1 N–H and O–H groups in total. The summed E-state index contributed by atoms with van der Waals surface area (Å²) >= 11 is 0. The van der Waals surface area contributed by atoms with E-state index in [-0.39, 0.29) is 5.54 Å². The van der Waals surface area contributed by atoms with E-state index in [2.05, 4.69) is 52.0 Å². The molecule has 0 rings (SSSR count). The predicted molar refractivity (Wildman–Crippen MR) is 64.7 cm³/mol. The van der Waals surface area contributed by atoms with E-state index in [0.717, 1.165) is 19.0 Å². The first-order chi connectivity index (χ1) is 6.40. The monoisotopic (exact) mass is 200 g/mol. The molecule has 0 aromatic carbocycles. The maximum atomic E-state index is 3.55. The van der Waals surface area contributed by atoms with Crippen molar-refractivity contribution < 1.29 is 0 Å². The Morgan fingerprint density at radius 2 is 1.86 bits per heavy atom. The second-order valence-electron chi connectivity index (χ2n) is 5.23. The third-order valence-electron chi connectivity index (χ3n) is 3.04. The van der Waals surface area contributed by atoms with Crippen LogP contribution in [0.3, 0.4) is 0 Å². The summed E-state index contributed by atoms with van der Waals surface area (Å²) in [7, 11) is 4.27. The molecule has 0 amide bonds. The summed E-state index contributed by atoms with van der Waals surface area (Å²) in [5.41, 5.74) is 0.256. The van der Waals surface area contributed by atoms with Gasteiger partial charge in [0.15, 0.2) is 0 Å². The Morgan fingerprint density at radius 1 is 1.29 bits per heavy atom. The lowest BCUT2D eigenvalue weighted by Crippen LogP contribution is -2.47. The molecule has 0 saturated heterocycles. The Kier molecular flexibility index (Phi) is 6.38. The molecule has 86 valence electrons. The first-order valence-electron chi connectivity index (χ1n) is 5.78. The van der Waals surface area contributed by atoms with Crippen molar-refractivity contribution in [1.82, 2.24) is 10.2 Å². The highest BCUT2D eigenvalue weighted by Crippen LogP contribution is 2.09. The Balaban J connectivity index is 3.62. The van der Waals surface area contributed by atoms with Crippen LogP contribution in [0, 0.1) is 5.92 Å². The Bertz CT molecular complexity index is 141. The van der Waals surface area contributed by atoms with Crippen molar-refractivity contribution in [2.24, 2.45) is 5.92 Å². The maximum Gasteiger partial charge on any atom is 0.0271 e. The second-order valence-corrected chi connectivity index (χ2v) is 5.23. The average Bonchev–Trinajstić information content (AvgIpc) is 2.04. The Hall–Kier alpha value is -0.0800. The minimum atomic E-state index is 0.256. The molecule has 0 saturated carbocycles. The van der Waals surface area contributed by atoms with E-state index in [1.807, 2.05) is 0 Å². The lowest BCUT2D eigenvalue weighted by Gasteiger charge is -2.33. The number of nitrogens with one attached hydrogen (secondary N) is 1. The van der Waals surface area contributed by atoms with Crippen LogP contribution >= 0.6 is 0 Å². The van der Waals surface area contributed by atoms with E-state index in [1.165, 1.54) is 12.8 Å². The first-order valence-corrected chi connectivity index (χ1v) is 5.78. The van der Waals surface area contributed by atoms with Gasteiger partial charge in [0.2, 0.25) is 0 Å². The third-order valence-corrected chi connectivity index (χ3v) is 3.04. The van der Waals surface area contributed by atoms with E-state index < -0.39 is 0 Å². The number of rotatable bonds is 7. The van der Waals surface area contributed by atoms with Crippen LogP contribution in [-0.4, -0.2) is 37.6 Å². The van der Waals surface area contributed by atoms with E-state index in [4.69, 9.17) is 0 Å². The van der Waals surface area contributed by atoms with Gasteiger partial charge in [0, 0.05) is 12.1 Å². The van der Waals surface area contributed by atoms with Gasteiger partial charge in [-0.25, -0.2) is 0 Å². The summed E-state index contributed by atoms with van der Waals surface area (Å²) in [6.45, 7) is 11.3. The van der Waals surface area contributed by atoms with E-state index in [1.54, 1.807) is 0 Å². The van der Waals surface area contributed by atoms with Crippen LogP contribution in [0.15, 0.2) is 0 Å². The summed E-state index contributed by atoms with van der Waals surface area (Å²) in [6.07, 6.45) is 2.62. The molecule has 0 aliphatic heterocycles. The molecule has 14 heavy (non-hydrogen) atoms. The summed E-state index contributed by atoms with van der Waals surface area (Å²) in [6, 6.07) is 0. The predicted octanol–water partition coefficient (Wildman–Crippen LogP) is 2.35. The van der Waals surface area contributed by atoms with Crippen LogP contribution in [0.2, 0.25) is 0 Å². The molecule has 2 nitrogen and oxygen atoms in total. The molecule has 0 bridgehead atoms. The molecule has 0 aliphatic rings. The molecule has 1 unspecified atom stereocenters. The maximum absolute atomic E-state index is 3.55. The van der Waals surface area contributed by atoms with Crippen molar-refractivity contribution in [1.29, 1.82) is 0 Å². The van der Waals surface area contributed by atoms with Gasteiger partial charge in [-0.1, -0.05) is 20.3 Å². The van der Waals surface area contributed by atoms with Gasteiger partial charge in [-0.2, -0.15) is 0 Å². The summed E-state index contributed by atoms with van der Waals surface area (Å²) in [5.74, 6) is 0.804. The van der Waals surface area contributed by atoms with Gasteiger partial charge in [-0.05, 0) is 46.8 Å². The van der Waals surface area contributed by atoms with Crippen molar-refractivity contribution in [2.45, 2.75) is 46.1 Å². The molecule has 0 radical (unpaired) electrons. The normalized spacial score (nSPS) is 14.8. The van der Waals surface area contributed by atoms with Crippen LogP contribution in [0.25, 0.3) is 0 Å². The molecule has 0 aromatic rings. The van der Waals surface area contributed by atoms with Crippen LogP contribution in [0.4, 0.5) is 0 Å². The number of likely N-dealkylation sites (N-methyl/N-ethyl adjacent to an activating group) is 1. The average molecular weight is 200 g/mol.